The molecule has 0 aliphatic heterocycles. The number of hydrogen-bond donors (Lipinski definition) is 3. The van der Waals surface area contributed by atoms with E-state index in [0.717, 1.165) is 12.5 Å². The molecule has 0 aliphatic carbocycles. The number of carboxylic acid groups (broad SMARTS) is 1. The first-order valence-electron chi connectivity index (χ1n) is 4.34. The van der Waals surface area contributed by atoms with Crippen molar-refractivity contribution in [1.29, 1.82) is 0 Å². The number of carboxylic acids is 1. The van der Waals surface area contributed by atoms with E-state index in [2.05, 4.69) is 0 Å². The van der Waals surface area contributed by atoms with Crippen LogP contribution in [-0.4, -0.2) is 21.3 Å². The smallest absolute Gasteiger partial charge is 0.339 e. The Kier molecular flexibility index (Phi) is 2.96. The lowest BCUT2D eigenvalue weighted by molar-refractivity contribution is 0.0692. The van der Waals surface area contributed by atoms with Gasteiger partial charge >= 0.3 is 5.97 Å². The van der Waals surface area contributed by atoms with Crippen molar-refractivity contribution in [3.63, 3.8) is 0 Å². The van der Waals surface area contributed by atoms with Gasteiger partial charge in [-0.05, 0) is 18.1 Å². The van der Waals surface area contributed by atoms with Gasteiger partial charge in [-0.2, -0.15) is 0 Å². The second kappa shape index (κ2) is 4.00. The van der Waals surface area contributed by atoms with Crippen LogP contribution in [0, 0.1) is 0 Å². The maximum Gasteiger partial charge on any atom is 0.339 e. The average molecular weight is 196 g/mol. The van der Waals surface area contributed by atoms with E-state index in [1.54, 1.807) is 0 Å². The fourth-order valence-electron chi connectivity index (χ4n) is 1.38. The Balaban J connectivity index is 3.28. The predicted molar refractivity (Wildman–Crippen MR) is 50.7 cm³/mol. The topological polar surface area (TPSA) is 77.8 Å². The zero-order valence-electron chi connectivity index (χ0n) is 7.82. The monoisotopic (exact) mass is 196 g/mol. The normalized spacial score (nSPS) is 10.1. The molecular weight excluding hydrogens is 184 g/mol. The van der Waals surface area contributed by atoms with E-state index < -0.39 is 5.97 Å². The first-order chi connectivity index (χ1) is 6.56. The zero-order valence-corrected chi connectivity index (χ0v) is 7.82. The lowest BCUT2D eigenvalue weighted by Gasteiger charge is -2.07. The minimum Gasteiger partial charge on any atom is -0.508 e. The number of aromatic carboxylic acids is 1. The molecule has 0 spiro atoms. The van der Waals surface area contributed by atoms with E-state index in [1.807, 2.05) is 6.92 Å². The van der Waals surface area contributed by atoms with E-state index in [9.17, 15) is 15.0 Å². The van der Waals surface area contributed by atoms with Crippen LogP contribution in [0.5, 0.6) is 11.5 Å². The van der Waals surface area contributed by atoms with Gasteiger partial charge in [0.05, 0.1) is 0 Å². The lowest BCUT2D eigenvalue weighted by atomic mass is 10.0. The summed E-state index contributed by atoms with van der Waals surface area (Å²) in [5.41, 5.74) is 0.335. The van der Waals surface area contributed by atoms with E-state index in [4.69, 9.17) is 5.11 Å². The highest BCUT2D eigenvalue weighted by Gasteiger charge is 2.15. The maximum atomic E-state index is 10.8. The number of phenols is 2. The summed E-state index contributed by atoms with van der Waals surface area (Å²) < 4.78 is 0. The summed E-state index contributed by atoms with van der Waals surface area (Å²) in [5, 5.41) is 27.3. The van der Waals surface area contributed by atoms with Crippen LogP contribution in [0.25, 0.3) is 0 Å². The van der Waals surface area contributed by atoms with Crippen LogP contribution < -0.4 is 0 Å². The second-order valence-corrected chi connectivity index (χ2v) is 3.05. The Morgan fingerprint density at radius 1 is 1.36 bits per heavy atom. The first-order valence-corrected chi connectivity index (χ1v) is 4.34. The van der Waals surface area contributed by atoms with Crippen molar-refractivity contribution in [2.24, 2.45) is 0 Å². The molecule has 0 saturated carbocycles. The molecule has 76 valence electrons. The predicted octanol–water partition coefficient (Wildman–Crippen LogP) is 1.75. The summed E-state index contributed by atoms with van der Waals surface area (Å²) in [6, 6.07) is 2.40. The third-order valence-electron chi connectivity index (χ3n) is 1.92. The van der Waals surface area contributed by atoms with Crippen LogP contribution in [-0.2, 0) is 6.42 Å². The highest BCUT2D eigenvalue weighted by atomic mass is 16.4. The Hall–Kier alpha value is -1.71. The van der Waals surface area contributed by atoms with Crippen molar-refractivity contribution < 1.29 is 20.1 Å². The Morgan fingerprint density at radius 2 is 2.00 bits per heavy atom. The maximum absolute atomic E-state index is 10.8. The van der Waals surface area contributed by atoms with E-state index in [1.165, 1.54) is 6.07 Å². The fraction of sp³-hybridized carbons (Fsp3) is 0.300. The molecule has 4 heteroatoms. The molecule has 0 amide bonds. The van der Waals surface area contributed by atoms with Crippen LogP contribution >= 0.6 is 0 Å². The van der Waals surface area contributed by atoms with E-state index in [-0.39, 0.29) is 17.1 Å². The van der Waals surface area contributed by atoms with Crippen molar-refractivity contribution in [3.05, 3.63) is 23.3 Å². The Morgan fingerprint density at radius 3 is 2.50 bits per heavy atom. The molecule has 0 aromatic heterocycles. The van der Waals surface area contributed by atoms with Gasteiger partial charge in [0.1, 0.15) is 17.1 Å². The Bertz CT molecular complexity index is 357. The molecule has 4 nitrogen and oxygen atoms in total. The largest absolute Gasteiger partial charge is 0.508 e. The molecule has 0 saturated heterocycles. The summed E-state index contributed by atoms with van der Waals surface area (Å²) in [7, 11) is 0. The first kappa shape index (κ1) is 10.4. The third kappa shape index (κ3) is 1.96. The number of aryl methyl sites for hydroxylation is 1. The molecule has 0 atom stereocenters. The molecular formula is C10H12O4. The van der Waals surface area contributed by atoms with Crippen LogP contribution in [0.15, 0.2) is 12.1 Å². The third-order valence-corrected chi connectivity index (χ3v) is 1.92. The van der Waals surface area contributed by atoms with Gasteiger partial charge in [0.15, 0.2) is 0 Å². The van der Waals surface area contributed by atoms with Gasteiger partial charge in [0.25, 0.3) is 0 Å². The van der Waals surface area contributed by atoms with Crippen molar-refractivity contribution in [2.45, 2.75) is 19.8 Å². The van der Waals surface area contributed by atoms with Crippen LogP contribution in [0.3, 0.4) is 0 Å². The summed E-state index contributed by atoms with van der Waals surface area (Å²) in [5.74, 6) is -1.68. The van der Waals surface area contributed by atoms with Gasteiger partial charge < -0.3 is 15.3 Å². The molecule has 1 rings (SSSR count). The SMILES string of the molecule is CCCc1cc(O)cc(O)c1C(=O)O. The zero-order chi connectivity index (χ0) is 10.7. The van der Waals surface area contributed by atoms with Crippen LogP contribution in [0.4, 0.5) is 0 Å². The fourth-order valence-corrected chi connectivity index (χ4v) is 1.38. The van der Waals surface area contributed by atoms with Gasteiger partial charge in [-0.25, -0.2) is 4.79 Å². The molecule has 3 N–H and O–H groups in total. The van der Waals surface area contributed by atoms with Crippen molar-refractivity contribution >= 4 is 5.97 Å². The van der Waals surface area contributed by atoms with Crippen molar-refractivity contribution in [1.82, 2.24) is 0 Å². The molecule has 0 aliphatic rings. The van der Waals surface area contributed by atoms with Gasteiger partial charge in [-0.15, -0.1) is 0 Å². The standard InChI is InChI=1S/C10H12O4/c1-2-3-6-4-7(11)5-8(12)9(6)10(13)14/h4-5,11-12H,2-3H2,1H3,(H,13,14). The van der Waals surface area contributed by atoms with E-state index in [0.29, 0.717) is 12.0 Å². The molecule has 14 heavy (non-hydrogen) atoms. The molecule has 0 radical (unpaired) electrons. The summed E-state index contributed by atoms with van der Waals surface area (Å²) in [6.45, 7) is 1.90. The van der Waals surface area contributed by atoms with E-state index >= 15 is 0 Å². The number of phenolic OH excluding ortho intramolecular Hbond substituents is 1. The molecule has 1 aromatic carbocycles. The van der Waals surface area contributed by atoms with Gasteiger partial charge in [-0.3, -0.25) is 0 Å². The minimum absolute atomic E-state index is 0.115. The highest BCUT2D eigenvalue weighted by molar-refractivity contribution is 5.92. The molecule has 0 unspecified atom stereocenters. The quantitative estimate of drug-likeness (QED) is 0.688. The number of carbonyl (C=O) groups is 1. The van der Waals surface area contributed by atoms with Gasteiger partial charge in [-0.1, -0.05) is 13.3 Å². The summed E-state index contributed by atoms with van der Waals surface area (Å²) >= 11 is 0. The number of rotatable bonds is 3. The van der Waals surface area contributed by atoms with Gasteiger partial charge in [0.2, 0.25) is 0 Å². The van der Waals surface area contributed by atoms with Crippen molar-refractivity contribution in [2.75, 3.05) is 0 Å². The average Bonchev–Trinajstić information content (AvgIpc) is 2.01. The minimum atomic E-state index is -1.18. The van der Waals surface area contributed by atoms with Crippen LogP contribution in [0.1, 0.15) is 29.3 Å². The highest BCUT2D eigenvalue weighted by Crippen LogP contribution is 2.27. The molecule has 0 bridgehead atoms. The second-order valence-electron chi connectivity index (χ2n) is 3.05. The van der Waals surface area contributed by atoms with Crippen LogP contribution in [0.2, 0.25) is 0 Å². The Labute approximate surface area is 81.4 Å². The summed E-state index contributed by atoms with van der Waals surface area (Å²) in [6.07, 6.45) is 1.27. The van der Waals surface area contributed by atoms with Gasteiger partial charge in [0, 0.05) is 6.07 Å². The number of benzene rings is 1. The molecule has 1 aromatic rings. The molecule has 0 fully saturated rings. The number of hydrogen-bond acceptors (Lipinski definition) is 3. The molecule has 0 heterocycles. The van der Waals surface area contributed by atoms with Crippen molar-refractivity contribution in [3.8, 4) is 11.5 Å². The summed E-state index contributed by atoms with van der Waals surface area (Å²) in [4.78, 5) is 10.8. The number of aromatic hydroxyl groups is 2. The lowest BCUT2D eigenvalue weighted by Crippen LogP contribution is -2.02.